The van der Waals surface area contributed by atoms with Gasteiger partial charge in [-0.15, -0.1) is 0 Å². The molecule has 13 heteroatoms. The maximum atomic E-state index is 11.8. The summed E-state index contributed by atoms with van der Waals surface area (Å²) in [6.45, 7) is 5.86. The molecule has 364 valence electrons. The van der Waals surface area contributed by atoms with E-state index in [0.29, 0.717) is 24.5 Å². The van der Waals surface area contributed by atoms with Crippen LogP contribution in [0.1, 0.15) is 179 Å². The molecule has 6 rings (SSSR count). The van der Waals surface area contributed by atoms with Crippen molar-refractivity contribution >= 4 is 80.7 Å². The van der Waals surface area contributed by atoms with Gasteiger partial charge in [-0.05, 0) is 61.1 Å². The number of hydrogen-bond donors (Lipinski definition) is 2. The van der Waals surface area contributed by atoms with E-state index in [2.05, 4.69) is 58.5 Å². The van der Waals surface area contributed by atoms with Gasteiger partial charge >= 0.3 is 37.7 Å². The number of nitrogens with one attached hydrogen (secondary N) is 2. The number of nitrogens with zero attached hydrogens (tertiary/aromatic N) is 2. The smallest absolute Gasteiger partial charge is 0.744 e. The molecule has 2 N–H and O–H groups in total. The second kappa shape index (κ2) is 30.7. The molecule has 0 saturated carbocycles. The van der Waals surface area contributed by atoms with Crippen LogP contribution in [0.5, 0.6) is 0 Å². The summed E-state index contributed by atoms with van der Waals surface area (Å²) >= 11 is 0. The van der Waals surface area contributed by atoms with Gasteiger partial charge in [-0.3, -0.25) is 0 Å². The van der Waals surface area contributed by atoms with Gasteiger partial charge in [-0.25, -0.2) is 16.8 Å². The molecular weight excluding hydrogens is 905 g/mol. The maximum absolute atomic E-state index is 11.8. The Labute approximate surface area is 435 Å². The summed E-state index contributed by atoms with van der Waals surface area (Å²) in [5.74, 6) is 0. The van der Waals surface area contributed by atoms with Crippen LogP contribution in [0.3, 0.4) is 0 Å². The van der Waals surface area contributed by atoms with E-state index in [0.717, 1.165) is 48.2 Å². The summed E-state index contributed by atoms with van der Waals surface area (Å²) in [7, 11) is -9.07. The fraction of sp³-hybridized carbons (Fsp3) is 0.556. The van der Waals surface area contributed by atoms with Gasteiger partial charge in [0.15, 0.2) is 0 Å². The molecule has 4 aromatic carbocycles. The summed E-state index contributed by atoms with van der Waals surface area (Å²) in [4.78, 5) is 4.10. The molecule has 2 heterocycles. The van der Waals surface area contributed by atoms with Crippen molar-refractivity contribution in [3.05, 3.63) is 108 Å². The first-order chi connectivity index (χ1) is 32.0. The van der Waals surface area contributed by atoms with Crippen LogP contribution >= 0.6 is 0 Å². The Bertz CT molecular complexity index is 2060. The van der Waals surface area contributed by atoms with Gasteiger partial charge < -0.3 is 29.5 Å². The van der Waals surface area contributed by atoms with Gasteiger partial charge in [0, 0.05) is 13.1 Å². The van der Waals surface area contributed by atoms with Crippen molar-refractivity contribution in [3.63, 3.8) is 0 Å². The number of anilines is 4. The zero-order valence-corrected chi connectivity index (χ0v) is 44.5. The molecule has 0 radical (unpaired) electrons. The van der Waals surface area contributed by atoms with Gasteiger partial charge in [0.25, 0.3) is 0 Å². The Morgan fingerprint density at radius 2 is 0.716 bits per heavy atom. The number of para-hydroxylation sites is 2. The Balaban J connectivity index is 0.000000288. The number of fused-ring (bicyclic) bond motifs is 2. The van der Waals surface area contributed by atoms with E-state index in [-0.39, 0.29) is 59.9 Å². The fourth-order valence-corrected chi connectivity index (χ4v) is 10.8. The van der Waals surface area contributed by atoms with Crippen LogP contribution in [-0.2, 0) is 33.3 Å². The van der Waals surface area contributed by atoms with Crippen molar-refractivity contribution < 1.29 is 25.9 Å². The predicted octanol–water partition coefficient (Wildman–Crippen LogP) is 13.7. The van der Waals surface area contributed by atoms with Crippen molar-refractivity contribution in [3.8, 4) is 0 Å². The van der Waals surface area contributed by atoms with Crippen LogP contribution in [0, 0.1) is 0 Å². The van der Waals surface area contributed by atoms with E-state index in [1.165, 1.54) is 141 Å². The van der Waals surface area contributed by atoms with E-state index < -0.39 is 20.2 Å². The molecule has 2 atom stereocenters. The van der Waals surface area contributed by atoms with Crippen molar-refractivity contribution in [1.29, 1.82) is 0 Å². The molecule has 2 aliphatic heterocycles. The quantitative estimate of drug-likeness (QED) is 0.0294. The molecule has 0 saturated heterocycles. The predicted molar refractivity (Wildman–Crippen MR) is 277 cm³/mol. The van der Waals surface area contributed by atoms with E-state index in [1.807, 2.05) is 48.5 Å². The minimum Gasteiger partial charge on any atom is -0.744 e. The summed E-state index contributed by atoms with van der Waals surface area (Å²) in [5, 5.41) is 6.72. The Morgan fingerprint density at radius 3 is 1.01 bits per heavy atom. The van der Waals surface area contributed by atoms with E-state index in [9.17, 15) is 25.9 Å². The van der Waals surface area contributed by atoms with Crippen LogP contribution in [0.25, 0.3) is 0 Å². The normalized spacial score (nSPS) is 15.2. The number of hydrogen-bond acceptors (Lipinski definition) is 10. The average molecular weight is 983 g/mol. The standard InChI is InChI=1S/2C27H40N2O3S.Ca/c2*1-2-3-4-5-6-7-8-9-10-11-15-21-26-28-27-24(19-16-20-25(27)33(30,31)32)29(26)22-23-17-13-12-14-18-23;/h2*12-14,16-20,26,28H,2-11,15,21-22H2,1H3,(H,30,31,32);/q;;+2/p-2. The number of benzene rings is 4. The molecule has 0 spiro atoms. The SMILES string of the molecule is CCCCCCCCCCCCCC1Nc2c(cccc2S(=O)(=O)[O-])N1Cc1ccccc1.CCCCCCCCCCCCCC1Nc2c(cccc2S(=O)(=O)[O-])N1Cc1ccccc1.[Ca+2]. The number of unbranched alkanes of at least 4 members (excludes halogenated alkanes) is 20. The average Bonchev–Trinajstić information content (AvgIpc) is 3.84. The zero-order valence-electron chi connectivity index (χ0n) is 40.6. The summed E-state index contributed by atoms with van der Waals surface area (Å²) in [6.07, 6.45) is 30.3. The molecule has 0 aliphatic carbocycles. The summed E-state index contributed by atoms with van der Waals surface area (Å²) < 4.78 is 70.9. The molecule has 0 fully saturated rings. The van der Waals surface area contributed by atoms with Crippen molar-refractivity contribution in [2.45, 2.75) is 203 Å². The third-order valence-corrected chi connectivity index (χ3v) is 14.9. The molecule has 4 aromatic rings. The minimum atomic E-state index is -4.53. The molecule has 2 aliphatic rings. The van der Waals surface area contributed by atoms with Crippen LogP contribution in [0.2, 0.25) is 0 Å². The van der Waals surface area contributed by atoms with E-state index in [1.54, 1.807) is 12.1 Å². The second-order valence-corrected chi connectivity index (χ2v) is 21.1. The van der Waals surface area contributed by atoms with E-state index >= 15 is 0 Å². The van der Waals surface area contributed by atoms with Crippen molar-refractivity contribution in [2.24, 2.45) is 0 Å². The first-order valence-corrected chi connectivity index (χ1v) is 28.1. The number of rotatable bonds is 30. The topological polar surface area (TPSA) is 145 Å². The van der Waals surface area contributed by atoms with Crippen LogP contribution in [0.4, 0.5) is 22.7 Å². The van der Waals surface area contributed by atoms with Gasteiger partial charge in [-0.2, -0.15) is 0 Å². The molecular formula is C54H78CaN4O6S2. The largest absolute Gasteiger partial charge is 2.00 e. The zero-order chi connectivity index (χ0) is 47.0. The van der Waals surface area contributed by atoms with Crippen LogP contribution in [0.15, 0.2) is 107 Å². The molecule has 10 nitrogen and oxygen atoms in total. The Kier molecular flexibility index (Phi) is 26.0. The van der Waals surface area contributed by atoms with Gasteiger partial charge in [0.05, 0.1) is 44.9 Å². The Hall–Kier alpha value is -2.84. The van der Waals surface area contributed by atoms with Crippen LogP contribution in [-0.4, -0.2) is 76.0 Å². The van der Waals surface area contributed by atoms with Gasteiger partial charge in [0.2, 0.25) is 0 Å². The van der Waals surface area contributed by atoms with Crippen molar-refractivity contribution in [2.75, 3.05) is 20.4 Å². The summed E-state index contributed by atoms with van der Waals surface area (Å²) in [6, 6.07) is 30.3. The third kappa shape index (κ3) is 19.1. The van der Waals surface area contributed by atoms with Gasteiger partial charge in [-0.1, -0.05) is 215 Å². The first-order valence-electron chi connectivity index (χ1n) is 25.3. The maximum Gasteiger partial charge on any atom is 2.00 e. The monoisotopic (exact) mass is 982 g/mol. The van der Waals surface area contributed by atoms with Crippen LogP contribution < -0.4 is 20.4 Å². The molecule has 67 heavy (non-hydrogen) atoms. The second-order valence-electron chi connectivity index (χ2n) is 18.4. The van der Waals surface area contributed by atoms with Crippen molar-refractivity contribution in [1.82, 2.24) is 0 Å². The minimum absolute atomic E-state index is 0. The molecule has 0 bridgehead atoms. The molecule has 2 unspecified atom stereocenters. The molecule has 0 amide bonds. The molecule has 0 aromatic heterocycles. The third-order valence-electron chi connectivity index (χ3n) is 13.1. The Morgan fingerprint density at radius 1 is 0.418 bits per heavy atom. The van der Waals surface area contributed by atoms with E-state index in [4.69, 9.17) is 0 Å². The summed E-state index contributed by atoms with van der Waals surface area (Å²) in [5.41, 5.74) is 4.82. The van der Waals surface area contributed by atoms with Gasteiger partial charge in [0.1, 0.15) is 20.2 Å². The first kappa shape index (κ1) is 56.7. The fourth-order valence-electron chi connectivity index (χ4n) is 9.46.